The summed E-state index contributed by atoms with van der Waals surface area (Å²) in [7, 11) is 1.18. The summed E-state index contributed by atoms with van der Waals surface area (Å²) in [5, 5.41) is 11.2. The van der Waals surface area contributed by atoms with Crippen LogP contribution in [0.15, 0.2) is 11.6 Å². The topological polar surface area (TPSA) is 124 Å². The molecular weight excluding hydrogens is 464 g/mol. The van der Waals surface area contributed by atoms with Crippen LogP contribution in [0.2, 0.25) is 0 Å². The minimum atomic E-state index is -2.37. The average Bonchev–Trinajstić information content (AvgIpc) is 2.93. The van der Waals surface area contributed by atoms with Gasteiger partial charge in [-0.15, -0.1) is 0 Å². The van der Waals surface area contributed by atoms with Gasteiger partial charge in [0.05, 0.1) is 12.5 Å². The smallest absolute Gasteiger partial charge is 0.321 e. The van der Waals surface area contributed by atoms with Crippen LogP contribution in [0.5, 0.6) is 0 Å². The van der Waals surface area contributed by atoms with Gasteiger partial charge in [0.25, 0.3) is 0 Å². The number of allylic oxidation sites excluding steroid dienone is 2. The van der Waals surface area contributed by atoms with Crippen LogP contribution >= 0.6 is 0 Å². The molecule has 198 valence electrons. The fraction of sp³-hybridized carbons (Fsp3) is 0.750. The van der Waals surface area contributed by atoms with Crippen molar-refractivity contribution in [1.29, 1.82) is 0 Å². The zero-order valence-electron chi connectivity index (χ0n) is 22.5. The summed E-state index contributed by atoms with van der Waals surface area (Å²) in [5.74, 6) is -3.58. The molecule has 0 bridgehead atoms. The van der Waals surface area contributed by atoms with Crippen LogP contribution in [-0.4, -0.2) is 53.7 Å². The molecule has 0 aromatic heterocycles. The van der Waals surface area contributed by atoms with E-state index in [4.69, 9.17) is 9.47 Å². The lowest BCUT2D eigenvalue weighted by molar-refractivity contribution is -0.217. The lowest BCUT2D eigenvalue weighted by Crippen LogP contribution is -2.70. The molecule has 0 aromatic rings. The molecular formula is C28H38O8. The maximum Gasteiger partial charge on any atom is 0.321 e. The van der Waals surface area contributed by atoms with Gasteiger partial charge in [0.15, 0.2) is 22.6 Å². The lowest BCUT2D eigenvalue weighted by Gasteiger charge is -2.67. The van der Waals surface area contributed by atoms with Crippen LogP contribution in [0.3, 0.4) is 0 Å². The number of ketones is 2. The Kier molecular flexibility index (Phi) is 5.63. The molecule has 0 aliphatic heterocycles. The lowest BCUT2D eigenvalue weighted by atomic mass is 9.34. The number of fused-ring (bicyclic) bond motifs is 5. The molecule has 4 rings (SSSR count). The summed E-state index contributed by atoms with van der Waals surface area (Å²) in [5.41, 5.74) is -8.18. The Morgan fingerprint density at radius 3 is 2.19 bits per heavy atom. The molecule has 0 saturated heterocycles. The van der Waals surface area contributed by atoms with Crippen molar-refractivity contribution in [1.82, 2.24) is 0 Å². The van der Waals surface area contributed by atoms with Gasteiger partial charge < -0.3 is 19.4 Å². The van der Waals surface area contributed by atoms with Gasteiger partial charge in [0, 0.05) is 17.8 Å². The molecule has 36 heavy (non-hydrogen) atoms. The van der Waals surface area contributed by atoms with E-state index in [1.165, 1.54) is 14.0 Å². The van der Waals surface area contributed by atoms with Crippen molar-refractivity contribution in [2.75, 3.05) is 7.11 Å². The van der Waals surface area contributed by atoms with Crippen LogP contribution in [0.1, 0.15) is 74.1 Å². The highest BCUT2D eigenvalue weighted by molar-refractivity contribution is 6.30. The maximum absolute atomic E-state index is 14.1. The van der Waals surface area contributed by atoms with Gasteiger partial charge in [0.2, 0.25) is 0 Å². The fourth-order valence-corrected chi connectivity index (χ4v) is 9.19. The molecule has 4 aliphatic carbocycles. The van der Waals surface area contributed by atoms with Gasteiger partial charge >= 0.3 is 11.9 Å². The van der Waals surface area contributed by atoms with Crippen molar-refractivity contribution in [2.45, 2.75) is 85.9 Å². The third kappa shape index (κ3) is 2.61. The van der Waals surface area contributed by atoms with Crippen molar-refractivity contribution in [3.63, 3.8) is 0 Å². The number of carbonyl (C=O) groups excluding carboxylic acids is 5. The van der Waals surface area contributed by atoms with Crippen molar-refractivity contribution in [2.24, 2.45) is 38.9 Å². The molecule has 8 atom stereocenters. The molecule has 0 spiro atoms. The zero-order valence-corrected chi connectivity index (χ0v) is 22.5. The first kappa shape index (κ1) is 26.7. The molecule has 0 heterocycles. The number of Topliss-reactive ketones (excluding diaryl/α,β-unsaturated/α-hetero) is 2. The normalized spacial score (nSPS) is 47.1. The van der Waals surface area contributed by atoms with Crippen molar-refractivity contribution < 1.29 is 38.6 Å². The zero-order chi connectivity index (χ0) is 27.3. The molecule has 3 saturated carbocycles. The van der Waals surface area contributed by atoms with Crippen molar-refractivity contribution in [3.8, 4) is 0 Å². The van der Waals surface area contributed by atoms with E-state index < -0.39 is 56.1 Å². The van der Waals surface area contributed by atoms with Crippen molar-refractivity contribution >= 4 is 29.8 Å². The van der Waals surface area contributed by atoms with Gasteiger partial charge in [-0.1, -0.05) is 32.4 Å². The number of carbonyl (C=O) groups is 5. The first-order chi connectivity index (χ1) is 16.5. The number of esters is 2. The first-order valence-corrected chi connectivity index (χ1v) is 12.7. The van der Waals surface area contributed by atoms with E-state index in [0.29, 0.717) is 31.3 Å². The van der Waals surface area contributed by atoms with Gasteiger partial charge in [-0.2, -0.15) is 0 Å². The summed E-state index contributed by atoms with van der Waals surface area (Å²) in [6.07, 6.45) is 4.16. The van der Waals surface area contributed by atoms with E-state index in [9.17, 15) is 29.1 Å². The van der Waals surface area contributed by atoms with E-state index in [2.05, 4.69) is 0 Å². The van der Waals surface area contributed by atoms with Crippen LogP contribution in [-0.2, 0) is 33.4 Å². The van der Waals surface area contributed by atoms with Crippen LogP contribution < -0.4 is 0 Å². The summed E-state index contributed by atoms with van der Waals surface area (Å²) in [4.78, 5) is 66.6. The molecule has 3 fully saturated rings. The second kappa shape index (κ2) is 7.59. The van der Waals surface area contributed by atoms with E-state index >= 15 is 0 Å². The second-order valence-corrected chi connectivity index (χ2v) is 12.6. The molecule has 4 aliphatic rings. The number of methoxy groups -OCH3 is 1. The monoisotopic (exact) mass is 502 g/mol. The molecule has 0 aromatic carbocycles. The third-order valence-electron chi connectivity index (χ3n) is 10.9. The van der Waals surface area contributed by atoms with Gasteiger partial charge in [-0.3, -0.25) is 19.2 Å². The molecule has 1 N–H and O–H groups in total. The Bertz CT molecular complexity index is 1100. The Balaban J connectivity index is 2.01. The number of hydrogen-bond donors (Lipinski definition) is 1. The van der Waals surface area contributed by atoms with Crippen molar-refractivity contribution in [3.05, 3.63) is 11.6 Å². The molecule has 8 nitrogen and oxygen atoms in total. The molecule has 8 heteroatoms. The largest absolute Gasteiger partial charge is 0.468 e. The summed E-state index contributed by atoms with van der Waals surface area (Å²) < 4.78 is 10.9. The highest BCUT2D eigenvalue weighted by atomic mass is 16.5. The van der Waals surface area contributed by atoms with Crippen LogP contribution in [0.25, 0.3) is 0 Å². The highest BCUT2D eigenvalue weighted by Gasteiger charge is 2.85. The Labute approximate surface area is 212 Å². The Morgan fingerprint density at radius 1 is 1.06 bits per heavy atom. The van der Waals surface area contributed by atoms with Gasteiger partial charge in [-0.05, 0) is 63.7 Å². The number of ether oxygens (including phenoxy) is 2. The van der Waals surface area contributed by atoms with E-state index in [-0.39, 0.29) is 18.0 Å². The minimum Gasteiger partial charge on any atom is -0.468 e. The van der Waals surface area contributed by atoms with E-state index in [0.717, 1.165) is 13.2 Å². The fourth-order valence-electron chi connectivity index (χ4n) is 9.19. The summed E-state index contributed by atoms with van der Waals surface area (Å²) >= 11 is 0. The maximum atomic E-state index is 14.1. The first-order valence-electron chi connectivity index (χ1n) is 12.7. The van der Waals surface area contributed by atoms with E-state index in [1.54, 1.807) is 20.8 Å². The van der Waals surface area contributed by atoms with Gasteiger partial charge in [-0.25, -0.2) is 0 Å². The minimum absolute atomic E-state index is 0.200. The standard InChI is InChI=1S/C28H38O8/c1-15-13-18-24(5,28(22(33)35-8)21(32)26(7,34)20(31)25(15,28)6)11-9-17-23(3,4)19(36-16(2)30)10-12-27(17,18)14-29/h13-14,17-19,34H,9-12H2,1-8H3. The number of aliphatic hydroxyl groups is 1. The summed E-state index contributed by atoms with van der Waals surface area (Å²) in [6.45, 7) is 11.6. The Hall–Kier alpha value is -2.35. The SMILES string of the molecule is COC(=O)C12C(=O)C(C)(O)C(=O)C1(C)C(C)=CC1C3(C=O)CCC(OC(C)=O)C(C)(C)C3CCC12C. The number of hydrogen-bond acceptors (Lipinski definition) is 8. The van der Waals surface area contributed by atoms with E-state index in [1.807, 2.05) is 19.9 Å². The van der Waals surface area contributed by atoms with Crippen LogP contribution in [0.4, 0.5) is 0 Å². The highest BCUT2D eigenvalue weighted by Crippen LogP contribution is 2.76. The predicted molar refractivity (Wildman–Crippen MR) is 128 cm³/mol. The molecule has 0 radical (unpaired) electrons. The number of aldehydes is 1. The predicted octanol–water partition coefficient (Wildman–Crippen LogP) is 2.98. The molecule has 8 unspecified atom stereocenters. The third-order valence-corrected chi connectivity index (χ3v) is 10.9. The van der Waals surface area contributed by atoms with Gasteiger partial charge in [0.1, 0.15) is 12.4 Å². The second-order valence-electron chi connectivity index (χ2n) is 12.6. The Morgan fingerprint density at radius 2 is 1.67 bits per heavy atom. The quantitative estimate of drug-likeness (QED) is 0.270. The average molecular weight is 503 g/mol. The van der Waals surface area contributed by atoms with Crippen LogP contribution in [0, 0.1) is 38.9 Å². The number of rotatable bonds is 3. The molecule has 0 amide bonds. The summed E-state index contributed by atoms with van der Waals surface area (Å²) in [6, 6.07) is 0.